The highest BCUT2D eigenvalue weighted by molar-refractivity contribution is 7.90. The molecule has 2 aromatic rings. The van der Waals surface area contributed by atoms with Crippen molar-refractivity contribution in [1.82, 2.24) is 10.9 Å². The second-order valence-corrected chi connectivity index (χ2v) is 7.74. The molecule has 0 aliphatic carbocycles. The first-order valence-electron chi connectivity index (χ1n) is 7.80. The molecule has 0 aliphatic rings. The van der Waals surface area contributed by atoms with E-state index >= 15 is 0 Å². The molecule has 0 atom stereocenters. The van der Waals surface area contributed by atoms with E-state index < -0.39 is 21.7 Å². The van der Waals surface area contributed by atoms with Crippen molar-refractivity contribution in [3.63, 3.8) is 0 Å². The fraction of sp³-hybridized carbons (Fsp3) is 0.222. The number of methoxy groups -OCH3 is 2. The molecule has 0 aromatic heterocycles. The van der Waals surface area contributed by atoms with E-state index in [-0.39, 0.29) is 16.0 Å². The Morgan fingerprint density at radius 1 is 0.889 bits per heavy atom. The van der Waals surface area contributed by atoms with Gasteiger partial charge in [0, 0.05) is 17.4 Å². The number of rotatable bonds is 5. The summed E-state index contributed by atoms with van der Waals surface area (Å²) in [6, 6.07) is 8.76. The Kier molecular flexibility index (Phi) is 6.06. The summed E-state index contributed by atoms with van der Waals surface area (Å²) in [7, 11) is -0.537. The highest BCUT2D eigenvalue weighted by atomic mass is 32.2. The van der Waals surface area contributed by atoms with Crippen LogP contribution in [0.15, 0.2) is 41.3 Å². The van der Waals surface area contributed by atoms with Crippen molar-refractivity contribution in [2.45, 2.75) is 11.8 Å². The smallest absolute Gasteiger partial charge is 0.270 e. The Bertz CT molecular complexity index is 985. The monoisotopic (exact) mass is 392 g/mol. The fourth-order valence-electron chi connectivity index (χ4n) is 2.31. The van der Waals surface area contributed by atoms with Crippen LogP contribution in [0.5, 0.6) is 11.5 Å². The van der Waals surface area contributed by atoms with Gasteiger partial charge in [0.25, 0.3) is 11.8 Å². The average molecular weight is 392 g/mol. The molecule has 0 saturated carbocycles. The largest absolute Gasteiger partial charge is 0.493 e. The van der Waals surface area contributed by atoms with Gasteiger partial charge >= 0.3 is 0 Å². The Hall–Kier alpha value is -3.07. The fourth-order valence-corrected chi connectivity index (χ4v) is 2.95. The van der Waals surface area contributed by atoms with Gasteiger partial charge in [-0.1, -0.05) is 6.07 Å². The van der Waals surface area contributed by atoms with Crippen LogP contribution in [0.1, 0.15) is 26.3 Å². The summed E-state index contributed by atoms with van der Waals surface area (Å²) in [6.07, 6.45) is 1.05. The predicted octanol–water partition coefficient (Wildman–Crippen LogP) is 1.49. The molecule has 0 fully saturated rings. The van der Waals surface area contributed by atoms with Crippen LogP contribution >= 0.6 is 0 Å². The molecule has 0 spiro atoms. The maximum absolute atomic E-state index is 12.3. The lowest BCUT2D eigenvalue weighted by Crippen LogP contribution is -2.41. The first-order chi connectivity index (χ1) is 12.7. The van der Waals surface area contributed by atoms with Gasteiger partial charge in [-0.05, 0) is 42.8 Å². The zero-order valence-corrected chi connectivity index (χ0v) is 16.1. The number of hydrogen-bond donors (Lipinski definition) is 2. The number of amides is 2. The first-order valence-corrected chi connectivity index (χ1v) is 9.70. The van der Waals surface area contributed by atoms with E-state index in [1.54, 1.807) is 13.0 Å². The number of hydrogen-bond acceptors (Lipinski definition) is 6. The molecule has 2 N–H and O–H groups in total. The van der Waals surface area contributed by atoms with Crippen LogP contribution in [0.4, 0.5) is 0 Å². The summed E-state index contributed by atoms with van der Waals surface area (Å²) >= 11 is 0. The summed E-state index contributed by atoms with van der Waals surface area (Å²) in [5.74, 6) is -0.368. The lowest BCUT2D eigenvalue weighted by atomic mass is 10.1. The van der Waals surface area contributed by atoms with E-state index in [4.69, 9.17) is 9.47 Å². The summed E-state index contributed by atoms with van der Waals surface area (Å²) in [4.78, 5) is 24.6. The molecule has 0 saturated heterocycles. The number of ether oxygens (including phenoxy) is 2. The number of aryl methyl sites for hydroxylation is 1. The van der Waals surface area contributed by atoms with Gasteiger partial charge in [0.1, 0.15) is 0 Å². The summed E-state index contributed by atoms with van der Waals surface area (Å²) in [5.41, 5.74) is 5.52. The average Bonchev–Trinajstić information content (AvgIpc) is 2.64. The van der Waals surface area contributed by atoms with E-state index in [1.165, 1.54) is 44.6 Å². The number of carbonyl (C=O) groups is 2. The third kappa shape index (κ3) is 4.76. The minimum Gasteiger partial charge on any atom is -0.493 e. The maximum Gasteiger partial charge on any atom is 0.270 e. The number of nitrogens with one attached hydrogen (secondary N) is 2. The third-order valence-corrected chi connectivity index (χ3v) is 4.93. The van der Waals surface area contributed by atoms with Crippen LogP contribution < -0.4 is 20.3 Å². The standard InChI is InChI=1S/C18H20N2O6S/c1-11-5-7-13(27(4,23)24)10-14(11)18(22)20-19-17(21)12-6-8-15(25-2)16(9-12)26-3/h5-10H,1-4H3,(H,19,21)(H,20,22). The third-order valence-electron chi connectivity index (χ3n) is 3.82. The van der Waals surface area contributed by atoms with Gasteiger partial charge in [-0.25, -0.2) is 8.42 Å². The van der Waals surface area contributed by atoms with E-state index in [9.17, 15) is 18.0 Å². The molecule has 0 unspecified atom stereocenters. The highest BCUT2D eigenvalue weighted by Gasteiger charge is 2.16. The van der Waals surface area contributed by atoms with Gasteiger partial charge in [0.15, 0.2) is 21.3 Å². The van der Waals surface area contributed by atoms with Gasteiger partial charge in [0.05, 0.1) is 19.1 Å². The molecule has 2 amide bonds. The molecule has 0 bridgehead atoms. The van der Waals surface area contributed by atoms with Crippen LogP contribution in [0, 0.1) is 6.92 Å². The number of hydrazine groups is 1. The summed E-state index contributed by atoms with van der Waals surface area (Å²) in [5, 5.41) is 0. The predicted molar refractivity (Wildman–Crippen MR) is 98.8 cm³/mol. The van der Waals surface area contributed by atoms with Crippen molar-refractivity contribution >= 4 is 21.7 Å². The zero-order chi connectivity index (χ0) is 20.2. The van der Waals surface area contributed by atoms with Crippen LogP contribution in [0.25, 0.3) is 0 Å². The van der Waals surface area contributed by atoms with Gasteiger partial charge < -0.3 is 9.47 Å². The number of benzene rings is 2. The topological polar surface area (TPSA) is 111 Å². The van der Waals surface area contributed by atoms with Crippen LogP contribution in [0.3, 0.4) is 0 Å². The van der Waals surface area contributed by atoms with Crippen molar-refractivity contribution < 1.29 is 27.5 Å². The summed E-state index contributed by atoms with van der Waals surface area (Å²) in [6.45, 7) is 1.66. The van der Waals surface area contributed by atoms with E-state index in [1.807, 2.05) is 0 Å². The quantitative estimate of drug-likeness (QED) is 0.746. The van der Waals surface area contributed by atoms with Gasteiger partial charge in [-0.15, -0.1) is 0 Å². The number of carbonyl (C=O) groups excluding carboxylic acids is 2. The van der Waals surface area contributed by atoms with E-state index in [0.29, 0.717) is 17.1 Å². The number of sulfone groups is 1. The van der Waals surface area contributed by atoms with Gasteiger partial charge in [-0.2, -0.15) is 0 Å². The summed E-state index contributed by atoms with van der Waals surface area (Å²) < 4.78 is 33.6. The van der Waals surface area contributed by atoms with E-state index in [0.717, 1.165) is 6.26 Å². The second kappa shape index (κ2) is 8.09. The Balaban J connectivity index is 2.15. The van der Waals surface area contributed by atoms with Gasteiger partial charge in [-0.3, -0.25) is 20.4 Å². The van der Waals surface area contributed by atoms with Crippen molar-refractivity contribution in [3.05, 3.63) is 53.1 Å². The van der Waals surface area contributed by atoms with Crippen molar-refractivity contribution in [2.24, 2.45) is 0 Å². The lowest BCUT2D eigenvalue weighted by Gasteiger charge is -2.12. The first kappa shape index (κ1) is 20.2. The molecular formula is C18H20N2O6S. The van der Waals surface area contributed by atoms with E-state index in [2.05, 4.69) is 10.9 Å². The van der Waals surface area contributed by atoms with Crippen LogP contribution in [-0.4, -0.2) is 40.7 Å². The molecule has 0 heterocycles. The van der Waals surface area contributed by atoms with Crippen LogP contribution in [0.2, 0.25) is 0 Å². The van der Waals surface area contributed by atoms with Crippen molar-refractivity contribution in [2.75, 3.05) is 20.5 Å². The molecule has 0 radical (unpaired) electrons. The molecule has 8 nitrogen and oxygen atoms in total. The molecule has 27 heavy (non-hydrogen) atoms. The molecule has 9 heteroatoms. The Morgan fingerprint density at radius 2 is 1.52 bits per heavy atom. The molecule has 2 rings (SSSR count). The minimum atomic E-state index is -3.46. The lowest BCUT2D eigenvalue weighted by molar-refractivity contribution is 0.0846. The molecule has 2 aromatic carbocycles. The Morgan fingerprint density at radius 3 is 2.11 bits per heavy atom. The Labute approximate surface area is 157 Å². The van der Waals surface area contributed by atoms with Crippen molar-refractivity contribution in [1.29, 1.82) is 0 Å². The maximum atomic E-state index is 12.3. The SMILES string of the molecule is COc1ccc(C(=O)NNC(=O)c2cc(S(C)(=O)=O)ccc2C)cc1OC. The molecule has 144 valence electrons. The molecule has 0 aliphatic heterocycles. The van der Waals surface area contributed by atoms with Crippen LogP contribution in [-0.2, 0) is 9.84 Å². The minimum absolute atomic E-state index is 0.0180. The second-order valence-electron chi connectivity index (χ2n) is 5.73. The normalized spacial score (nSPS) is 10.8. The van der Waals surface area contributed by atoms with Gasteiger partial charge in [0.2, 0.25) is 0 Å². The highest BCUT2D eigenvalue weighted by Crippen LogP contribution is 2.27. The molecular weight excluding hydrogens is 372 g/mol. The zero-order valence-electron chi connectivity index (χ0n) is 15.3. The van der Waals surface area contributed by atoms with Crippen molar-refractivity contribution in [3.8, 4) is 11.5 Å².